The van der Waals surface area contributed by atoms with Crippen molar-refractivity contribution >= 4 is 23.6 Å². The zero-order valence-electron chi connectivity index (χ0n) is 37.2. The largest absolute Gasteiger partial charge is 0.394 e. The number of amides is 4. The first-order valence-corrected chi connectivity index (χ1v) is 21.9. The van der Waals surface area contributed by atoms with Gasteiger partial charge in [0.1, 0.15) is 91.6 Å². The Morgan fingerprint density at radius 3 is 1.49 bits per heavy atom. The summed E-state index contributed by atoms with van der Waals surface area (Å²) >= 11 is 0. The third-order valence-electron chi connectivity index (χ3n) is 11.2. The minimum atomic E-state index is -1.98. The van der Waals surface area contributed by atoms with Gasteiger partial charge in [0.2, 0.25) is 23.6 Å². The maximum atomic E-state index is 13.1. The molecule has 30 nitrogen and oxygen atoms in total. The number of rotatable bonds is 24. The fraction of sp³-hybridized carbons (Fsp3) is 0.895. The van der Waals surface area contributed by atoms with Crippen molar-refractivity contribution < 1.29 is 123 Å². The zero-order valence-corrected chi connectivity index (χ0v) is 37.2. The highest BCUT2D eigenvalue weighted by atomic mass is 16.8. The van der Waals surface area contributed by atoms with Crippen molar-refractivity contribution in [2.45, 2.75) is 150 Å². The molecule has 17 N–H and O–H groups in total. The second-order valence-electron chi connectivity index (χ2n) is 16.3. The molecule has 30 heteroatoms. The molecule has 0 spiro atoms. The second kappa shape index (κ2) is 27.6. The summed E-state index contributed by atoms with van der Waals surface area (Å²) in [7, 11) is 0. The lowest BCUT2D eigenvalue weighted by molar-refractivity contribution is -0.366. The fourth-order valence-electron chi connectivity index (χ4n) is 7.29. The molecule has 0 unspecified atom stereocenters. The van der Waals surface area contributed by atoms with Gasteiger partial charge in [0.05, 0.1) is 52.2 Å². The molecule has 0 radical (unpaired) electrons. The minimum Gasteiger partial charge on any atom is -0.394 e. The Hall–Kier alpha value is -3.00. The topological polar surface area (TPSA) is 456 Å². The minimum absolute atomic E-state index is 0.164. The lowest BCUT2D eigenvalue weighted by atomic mass is 9.96. The van der Waals surface area contributed by atoms with Crippen LogP contribution in [0.2, 0.25) is 0 Å². The van der Waals surface area contributed by atoms with Gasteiger partial charge in [0, 0.05) is 32.5 Å². The van der Waals surface area contributed by atoms with Crippen LogP contribution in [0, 0.1) is 0 Å². The van der Waals surface area contributed by atoms with Crippen LogP contribution in [0.25, 0.3) is 0 Å². The molecule has 4 aliphatic heterocycles. The lowest BCUT2D eigenvalue weighted by Crippen LogP contribution is -2.65. The molecule has 68 heavy (non-hydrogen) atoms. The number of carbonyl (C=O) groups excluding carboxylic acids is 4. The molecule has 0 bridgehead atoms. The Balaban J connectivity index is 1.37. The maximum absolute atomic E-state index is 13.1. The summed E-state index contributed by atoms with van der Waals surface area (Å²) in [6, 6.07) is 0. The van der Waals surface area contributed by atoms with Crippen molar-refractivity contribution in [3.05, 3.63) is 0 Å². The second-order valence-corrected chi connectivity index (χ2v) is 16.3. The van der Waals surface area contributed by atoms with Crippen LogP contribution in [0.1, 0.15) is 26.7 Å². The van der Waals surface area contributed by atoms with E-state index >= 15 is 0 Å². The molecule has 0 aromatic rings. The van der Waals surface area contributed by atoms with E-state index < -0.39 is 186 Å². The van der Waals surface area contributed by atoms with E-state index in [1.54, 1.807) is 6.92 Å². The predicted molar refractivity (Wildman–Crippen MR) is 217 cm³/mol. The SMILES string of the molecule is CCNC(=O)CCC(=O)NN(CC(=O)NCCO[C@@H]1O[C@@H](C)[C@@H](O)[C@@H](O)[C@@H]1O)CC(=O)NCCO[C@H]1O[C@H](CO[C@H]2O[C@H](CO)[C@@H](O)[C@H](O)[C@@H]2O)[C@@H](O)[C@H](O[C@H]2O[C@H](CO)[C@@H](O)[C@H](O)[C@@H]2O)[C@@H]1O. The normalized spacial score (nSPS) is 38.7. The van der Waals surface area contributed by atoms with Crippen molar-refractivity contribution in [3.63, 3.8) is 0 Å². The summed E-state index contributed by atoms with van der Waals surface area (Å²) in [5.41, 5.74) is 2.38. The van der Waals surface area contributed by atoms with Crippen LogP contribution in [-0.4, -0.2) is 284 Å². The summed E-state index contributed by atoms with van der Waals surface area (Å²) < 4.78 is 44.0. The number of hydrogen-bond donors (Lipinski definition) is 17. The molecule has 4 fully saturated rings. The van der Waals surface area contributed by atoms with Gasteiger partial charge in [-0.1, -0.05) is 0 Å². The molecule has 0 aromatic carbocycles. The number of nitrogens with one attached hydrogen (secondary N) is 4. The van der Waals surface area contributed by atoms with E-state index in [0.717, 1.165) is 5.01 Å². The number of ether oxygens (including phenoxy) is 8. The Bertz CT molecular complexity index is 1580. The Kier molecular flexibility index (Phi) is 23.3. The number of aliphatic hydroxyl groups excluding tert-OH is 13. The van der Waals surface area contributed by atoms with Gasteiger partial charge in [-0.05, 0) is 13.8 Å². The average Bonchev–Trinajstić information content (AvgIpc) is 3.30. The van der Waals surface area contributed by atoms with E-state index in [1.807, 2.05) is 0 Å². The van der Waals surface area contributed by atoms with E-state index in [2.05, 4.69) is 21.4 Å². The van der Waals surface area contributed by atoms with Gasteiger partial charge in [-0.3, -0.25) is 24.6 Å². The van der Waals surface area contributed by atoms with Crippen LogP contribution in [0.15, 0.2) is 0 Å². The van der Waals surface area contributed by atoms with Crippen molar-refractivity contribution in [1.29, 1.82) is 0 Å². The maximum Gasteiger partial charge on any atom is 0.236 e. The van der Waals surface area contributed by atoms with E-state index in [4.69, 9.17) is 37.9 Å². The number of hydrazine groups is 1. The predicted octanol–water partition coefficient (Wildman–Crippen LogP) is -11.2. The summed E-state index contributed by atoms with van der Waals surface area (Å²) in [6.07, 6.45) is -33.7. The molecule has 4 rings (SSSR count). The molecular formula is C38H67N5O25. The molecular weight excluding hydrogens is 926 g/mol. The van der Waals surface area contributed by atoms with Gasteiger partial charge < -0.3 is 120 Å². The average molecular weight is 994 g/mol. The summed E-state index contributed by atoms with van der Waals surface area (Å²) in [5, 5.41) is 142. The van der Waals surface area contributed by atoms with Gasteiger partial charge in [-0.15, -0.1) is 0 Å². The van der Waals surface area contributed by atoms with E-state index in [1.165, 1.54) is 6.92 Å². The van der Waals surface area contributed by atoms with Gasteiger partial charge in [0.25, 0.3) is 0 Å². The van der Waals surface area contributed by atoms with E-state index in [9.17, 15) is 85.6 Å². The van der Waals surface area contributed by atoms with Gasteiger partial charge >= 0.3 is 0 Å². The molecule has 4 heterocycles. The summed E-state index contributed by atoms with van der Waals surface area (Å²) in [6.45, 7) is -1.32. The standard InChI is InChI=1S/C38H67N5O25/c1-3-39-19(46)4-5-20(47)42-43(10-21(48)40-6-8-61-35-30(57)27(54)23(50)15(2)64-35)11-22(49)41-7-9-62-37-33(60)34(68-38-32(59)29(56)25(52)17(13-45)66-38)26(53)18(67-37)14-63-36-31(58)28(55)24(51)16(12-44)65-36/h15-18,23-38,44-45,50-60H,3-14H2,1-2H3,(H,39,46)(H,40,48)(H,41,49)(H,42,47)/t15-,16+,17+,18+,23+,24+,25+,26+,27+,28-,29-,30-,31-,32-,33-,34-,35+,36-,37-,38+/m0/s1. The number of aliphatic hydroxyl groups is 13. The van der Waals surface area contributed by atoms with Crippen LogP contribution in [0.4, 0.5) is 0 Å². The Morgan fingerprint density at radius 2 is 0.956 bits per heavy atom. The number of carbonyl (C=O) groups is 4. The fourth-order valence-corrected chi connectivity index (χ4v) is 7.29. The van der Waals surface area contributed by atoms with Crippen LogP contribution in [0.5, 0.6) is 0 Å². The van der Waals surface area contributed by atoms with Crippen molar-refractivity contribution in [3.8, 4) is 0 Å². The third-order valence-corrected chi connectivity index (χ3v) is 11.2. The van der Waals surface area contributed by atoms with Gasteiger partial charge in [0.15, 0.2) is 25.2 Å². The molecule has 0 aromatic heterocycles. The molecule has 0 aliphatic carbocycles. The van der Waals surface area contributed by atoms with E-state index in [-0.39, 0.29) is 32.5 Å². The van der Waals surface area contributed by atoms with Crippen molar-refractivity contribution in [1.82, 2.24) is 26.4 Å². The van der Waals surface area contributed by atoms with Gasteiger partial charge in [-0.25, -0.2) is 5.01 Å². The highest BCUT2D eigenvalue weighted by Crippen LogP contribution is 2.31. The third kappa shape index (κ3) is 15.8. The van der Waals surface area contributed by atoms with Gasteiger partial charge in [-0.2, -0.15) is 0 Å². The summed E-state index contributed by atoms with van der Waals surface area (Å²) in [4.78, 5) is 50.6. The molecule has 4 aliphatic rings. The monoisotopic (exact) mass is 993 g/mol. The lowest BCUT2D eigenvalue weighted by Gasteiger charge is -2.46. The highest BCUT2D eigenvalue weighted by molar-refractivity contribution is 5.85. The van der Waals surface area contributed by atoms with Crippen LogP contribution >= 0.6 is 0 Å². The first-order valence-electron chi connectivity index (χ1n) is 21.9. The highest BCUT2D eigenvalue weighted by Gasteiger charge is 2.52. The number of hydrogen-bond acceptors (Lipinski definition) is 26. The molecule has 0 saturated carbocycles. The first kappa shape index (κ1) is 57.6. The Labute approximate surface area is 388 Å². The molecule has 4 amide bonds. The van der Waals surface area contributed by atoms with Crippen molar-refractivity contribution in [2.75, 3.05) is 65.8 Å². The van der Waals surface area contributed by atoms with E-state index in [0.29, 0.717) is 6.54 Å². The Morgan fingerprint density at radius 1 is 0.500 bits per heavy atom. The zero-order chi connectivity index (χ0) is 50.4. The first-order chi connectivity index (χ1) is 32.2. The van der Waals surface area contributed by atoms with Crippen LogP contribution < -0.4 is 21.4 Å². The van der Waals surface area contributed by atoms with Crippen LogP contribution in [-0.2, 0) is 57.1 Å². The quantitative estimate of drug-likeness (QED) is 0.0315. The molecule has 20 atom stereocenters. The smallest absolute Gasteiger partial charge is 0.236 e. The van der Waals surface area contributed by atoms with Crippen molar-refractivity contribution in [2.24, 2.45) is 0 Å². The molecule has 4 saturated heterocycles. The van der Waals surface area contributed by atoms with Crippen LogP contribution in [0.3, 0.4) is 0 Å². The summed E-state index contributed by atoms with van der Waals surface area (Å²) in [5.74, 6) is -2.66. The molecule has 394 valence electrons. The number of nitrogens with zero attached hydrogens (tertiary/aromatic N) is 1.